The molecule has 1 aromatic rings. The fraction of sp³-hybridized carbons (Fsp3) is 0.474. The van der Waals surface area contributed by atoms with Gasteiger partial charge in [0.2, 0.25) is 5.91 Å². The Morgan fingerprint density at radius 3 is 2.55 bits per heavy atom. The van der Waals surface area contributed by atoms with Gasteiger partial charge in [-0.25, -0.2) is 0 Å². The molecule has 0 atom stereocenters. The highest BCUT2D eigenvalue weighted by molar-refractivity contribution is 5.97. The van der Waals surface area contributed by atoms with Gasteiger partial charge in [-0.2, -0.15) is 0 Å². The summed E-state index contributed by atoms with van der Waals surface area (Å²) >= 11 is 0. The molecule has 0 bridgehead atoms. The van der Waals surface area contributed by atoms with Gasteiger partial charge in [0.05, 0.1) is 0 Å². The predicted molar refractivity (Wildman–Crippen MR) is 88.9 cm³/mol. The van der Waals surface area contributed by atoms with E-state index in [2.05, 4.69) is 11.4 Å². The summed E-state index contributed by atoms with van der Waals surface area (Å²) in [5.41, 5.74) is 3.28. The van der Waals surface area contributed by atoms with Crippen molar-refractivity contribution in [3.05, 3.63) is 47.0 Å². The van der Waals surface area contributed by atoms with Crippen LogP contribution in [0.3, 0.4) is 0 Å². The minimum Gasteiger partial charge on any atom is -0.356 e. The van der Waals surface area contributed by atoms with E-state index in [4.69, 9.17) is 0 Å². The number of hydrogen-bond donors (Lipinski definition) is 1. The second-order valence-corrected chi connectivity index (χ2v) is 6.00. The molecule has 0 spiro atoms. The van der Waals surface area contributed by atoms with Gasteiger partial charge in [-0.15, -0.1) is 0 Å². The van der Waals surface area contributed by atoms with Crippen molar-refractivity contribution in [2.75, 3.05) is 6.54 Å². The summed E-state index contributed by atoms with van der Waals surface area (Å²) in [6, 6.07) is 7.49. The first kappa shape index (κ1) is 16.5. The van der Waals surface area contributed by atoms with Crippen molar-refractivity contribution < 1.29 is 9.59 Å². The lowest BCUT2D eigenvalue weighted by Gasteiger charge is -2.12. The normalized spacial score (nSPS) is 14.3. The number of allylic oxidation sites excluding steroid dienone is 1. The molecule has 0 heterocycles. The highest BCUT2D eigenvalue weighted by Crippen LogP contribution is 2.19. The molecule has 1 aliphatic carbocycles. The Morgan fingerprint density at radius 2 is 1.86 bits per heavy atom. The van der Waals surface area contributed by atoms with Crippen molar-refractivity contribution in [3.8, 4) is 0 Å². The first-order valence-electron chi connectivity index (χ1n) is 8.19. The van der Waals surface area contributed by atoms with Gasteiger partial charge < -0.3 is 5.32 Å². The Balaban J connectivity index is 1.65. The smallest absolute Gasteiger partial charge is 0.220 e. The monoisotopic (exact) mass is 299 g/mol. The van der Waals surface area contributed by atoms with Crippen molar-refractivity contribution in [2.45, 2.75) is 51.9 Å². The predicted octanol–water partition coefficient (Wildman–Crippen LogP) is 3.96. The molecule has 22 heavy (non-hydrogen) atoms. The molecular weight excluding hydrogens is 274 g/mol. The van der Waals surface area contributed by atoms with Crippen LogP contribution in [0.5, 0.6) is 0 Å². The molecule has 118 valence electrons. The second kappa shape index (κ2) is 8.52. The Hall–Kier alpha value is -1.90. The SMILES string of the molecule is Cc1ccc(C(=O)CCC(=O)NCCC2=CCCCC2)cc1. The first-order valence-corrected chi connectivity index (χ1v) is 8.19. The van der Waals surface area contributed by atoms with Crippen LogP contribution in [-0.2, 0) is 4.79 Å². The van der Waals surface area contributed by atoms with E-state index in [-0.39, 0.29) is 24.5 Å². The van der Waals surface area contributed by atoms with E-state index in [0.29, 0.717) is 12.1 Å². The fourth-order valence-electron chi connectivity index (χ4n) is 2.69. The molecule has 1 N–H and O–H groups in total. The molecule has 0 aliphatic heterocycles. The number of aryl methyl sites for hydroxylation is 1. The Kier molecular flexibility index (Phi) is 6.38. The van der Waals surface area contributed by atoms with Crippen molar-refractivity contribution in [3.63, 3.8) is 0 Å². The van der Waals surface area contributed by atoms with Crippen molar-refractivity contribution in [2.24, 2.45) is 0 Å². The number of carbonyl (C=O) groups excluding carboxylic acids is 2. The minimum absolute atomic E-state index is 0.0307. The van der Waals surface area contributed by atoms with Gasteiger partial charge in [-0.05, 0) is 39.0 Å². The van der Waals surface area contributed by atoms with Crippen LogP contribution in [0.4, 0.5) is 0 Å². The van der Waals surface area contributed by atoms with Crippen molar-refractivity contribution in [1.29, 1.82) is 0 Å². The Labute approximate surface area is 132 Å². The Morgan fingerprint density at radius 1 is 1.09 bits per heavy atom. The van der Waals surface area contributed by atoms with Crippen LogP contribution in [0.1, 0.15) is 60.9 Å². The highest BCUT2D eigenvalue weighted by atomic mass is 16.2. The number of carbonyl (C=O) groups is 2. The summed E-state index contributed by atoms with van der Waals surface area (Å²) in [4.78, 5) is 23.8. The summed E-state index contributed by atoms with van der Waals surface area (Å²) in [6.45, 7) is 2.67. The third-order valence-corrected chi connectivity index (χ3v) is 4.11. The van der Waals surface area contributed by atoms with Gasteiger partial charge in [0, 0.05) is 24.9 Å². The van der Waals surface area contributed by atoms with Gasteiger partial charge >= 0.3 is 0 Å². The second-order valence-electron chi connectivity index (χ2n) is 6.00. The van der Waals surface area contributed by atoms with Gasteiger partial charge in [-0.3, -0.25) is 9.59 Å². The third kappa shape index (κ3) is 5.47. The van der Waals surface area contributed by atoms with Crippen LogP contribution in [-0.4, -0.2) is 18.2 Å². The molecule has 2 rings (SSSR count). The number of rotatable bonds is 7. The topological polar surface area (TPSA) is 46.2 Å². The largest absolute Gasteiger partial charge is 0.356 e. The van der Waals surface area contributed by atoms with Gasteiger partial charge in [0.15, 0.2) is 5.78 Å². The summed E-state index contributed by atoms with van der Waals surface area (Å²) in [6.07, 6.45) is 8.69. The quantitative estimate of drug-likeness (QED) is 0.612. The van der Waals surface area contributed by atoms with Crippen LogP contribution in [0.2, 0.25) is 0 Å². The third-order valence-electron chi connectivity index (χ3n) is 4.11. The molecular formula is C19H25NO2. The number of Topliss-reactive ketones (excluding diaryl/α,β-unsaturated/α-hetero) is 1. The lowest BCUT2D eigenvalue weighted by Crippen LogP contribution is -2.25. The molecule has 0 fully saturated rings. The van der Waals surface area contributed by atoms with Crippen molar-refractivity contribution >= 4 is 11.7 Å². The van der Waals surface area contributed by atoms with Gasteiger partial charge in [-0.1, -0.05) is 41.5 Å². The van der Waals surface area contributed by atoms with Crippen LogP contribution in [0.15, 0.2) is 35.9 Å². The van der Waals surface area contributed by atoms with Crippen LogP contribution >= 0.6 is 0 Å². The summed E-state index contributed by atoms with van der Waals surface area (Å²) < 4.78 is 0. The Bertz CT molecular complexity index is 543. The van der Waals surface area contributed by atoms with Gasteiger partial charge in [0.1, 0.15) is 0 Å². The number of hydrogen-bond acceptors (Lipinski definition) is 2. The van der Waals surface area contributed by atoms with Crippen molar-refractivity contribution in [1.82, 2.24) is 5.32 Å². The van der Waals surface area contributed by atoms with E-state index in [9.17, 15) is 9.59 Å². The zero-order valence-electron chi connectivity index (χ0n) is 13.4. The summed E-state index contributed by atoms with van der Waals surface area (Å²) in [7, 11) is 0. The van der Waals surface area contributed by atoms with Crippen LogP contribution < -0.4 is 5.32 Å². The average Bonchev–Trinajstić information content (AvgIpc) is 2.54. The van der Waals surface area contributed by atoms with Crippen LogP contribution in [0, 0.1) is 6.92 Å². The fourth-order valence-corrected chi connectivity index (χ4v) is 2.69. The molecule has 1 amide bonds. The molecule has 0 aromatic heterocycles. The lowest BCUT2D eigenvalue weighted by molar-refractivity contribution is -0.121. The molecule has 3 heteroatoms. The molecule has 0 saturated heterocycles. The number of nitrogens with one attached hydrogen (secondary N) is 1. The number of ketones is 1. The zero-order chi connectivity index (χ0) is 15.8. The molecule has 0 radical (unpaired) electrons. The van der Waals surface area contributed by atoms with E-state index >= 15 is 0 Å². The molecule has 0 unspecified atom stereocenters. The number of amides is 1. The lowest BCUT2D eigenvalue weighted by atomic mass is 9.97. The highest BCUT2D eigenvalue weighted by Gasteiger charge is 2.09. The van der Waals surface area contributed by atoms with E-state index in [1.807, 2.05) is 31.2 Å². The zero-order valence-corrected chi connectivity index (χ0v) is 13.4. The summed E-state index contributed by atoms with van der Waals surface area (Å²) in [5, 5.41) is 2.91. The van der Waals surface area contributed by atoms with Crippen LogP contribution in [0.25, 0.3) is 0 Å². The molecule has 1 aliphatic rings. The molecule has 0 saturated carbocycles. The maximum atomic E-state index is 12.0. The maximum absolute atomic E-state index is 12.0. The summed E-state index contributed by atoms with van der Waals surface area (Å²) in [5.74, 6) is 0.00186. The standard InChI is InChI=1S/C19H25NO2/c1-15-7-9-17(10-8-15)18(21)11-12-19(22)20-14-13-16-5-3-2-4-6-16/h5,7-10H,2-4,6,11-14H2,1H3,(H,20,22). The van der Waals surface area contributed by atoms with E-state index in [1.54, 1.807) is 0 Å². The van der Waals surface area contributed by atoms with Gasteiger partial charge in [0.25, 0.3) is 0 Å². The first-order chi connectivity index (χ1) is 10.6. The average molecular weight is 299 g/mol. The molecule has 1 aromatic carbocycles. The maximum Gasteiger partial charge on any atom is 0.220 e. The van der Waals surface area contributed by atoms with E-state index in [1.165, 1.54) is 31.3 Å². The molecule has 3 nitrogen and oxygen atoms in total. The van der Waals surface area contributed by atoms with E-state index in [0.717, 1.165) is 12.0 Å². The van der Waals surface area contributed by atoms with E-state index < -0.39 is 0 Å². The number of benzene rings is 1. The minimum atomic E-state index is -0.0307.